The first-order valence-electron chi connectivity index (χ1n) is 9.18. The second-order valence-corrected chi connectivity index (χ2v) is 6.15. The first-order chi connectivity index (χ1) is 12.2. The van der Waals surface area contributed by atoms with E-state index in [-0.39, 0.29) is 6.10 Å². The predicted octanol–water partition coefficient (Wildman–Crippen LogP) is 2.85. The van der Waals surface area contributed by atoms with Gasteiger partial charge < -0.3 is 25.3 Å². The van der Waals surface area contributed by atoms with Crippen molar-refractivity contribution in [2.45, 2.75) is 51.7 Å². The molecule has 0 heterocycles. The van der Waals surface area contributed by atoms with Gasteiger partial charge in [-0.2, -0.15) is 0 Å². The summed E-state index contributed by atoms with van der Waals surface area (Å²) in [5.74, 6) is 1.98. The number of nitrogens with two attached hydrogens (primary N) is 1. The number of guanidine groups is 1. The summed E-state index contributed by atoms with van der Waals surface area (Å²) in [5, 5.41) is 3.11. The molecule has 3 N–H and O–H groups in total. The van der Waals surface area contributed by atoms with E-state index in [2.05, 4.69) is 10.3 Å². The van der Waals surface area contributed by atoms with Crippen molar-refractivity contribution in [1.29, 1.82) is 0 Å². The van der Waals surface area contributed by atoms with Gasteiger partial charge in [0.05, 0.1) is 19.8 Å². The van der Waals surface area contributed by atoms with E-state index < -0.39 is 0 Å². The van der Waals surface area contributed by atoms with E-state index in [1.54, 1.807) is 7.11 Å². The fraction of sp³-hybridized carbons (Fsp3) is 0.632. The van der Waals surface area contributed by atoms with Gasteiger partial charge in [0.25, 0.3) is 0 Å². The Bertz CT molecular complexity index is 543. The normalized spacial score (nSPS) is 15.4. The number of hydrogen-bond donors (Lipinski definition) is 2. The molecule has 0 aliphatic heterocycles. The Morgan fingerprint density at radius 3 is 2.84 bits per heavy atom. The number of benzene rings is 1. The minimum absolute atomic E-state index is 0.271. The maximum Gasteiger partial charge on any atom is 0.188 e. The number of aliphatic imine (C=N–C) groups is 1. The Labute approximate surface area is 150 Å². The van der Waals surface area contributed by atoms with Crippen LogP contribution in [0.15, 0.2) is 23.2 Å². The molecule has 0 radical (unpaired) electrons. The number of hydrogen-bond acceptors (Lipinski definition) is 4. The summed E-state index contributed by atoms with van der Waals surface area (Å²) in [7, 11) is 1.66. The zero-order valence-electron chi connectivity index (χ0n) is 15.4. The number of rotatable bonds is 10. The molecule has 0 saturated heterocycles. The van der Waals surface area contributed by atoms with Crippen LogP contribution in [0.3, 0.4) is 0 Å². The minimum atomic E-state index is 0.271. The highest BCUT2D eigenvalue weighted by Crippen LogP contribution is 2.35. The number of nitrogens with zero attached hydrogens (tertiary/aromatic N) is 1. The summed E-state index contributed by atoms with van der Waals surface area (Å²) in [6.07, 6.45) is 5.83. The van der Waals surface area contributed by atoms with Crippen LogP contribution >= 0.6 is 0 Å². The molecule has 1 saturated carbocycles. The topological polar surface area (TPSA) is 78.1 Å². The van der Waals surface area contributed by atoms with Crippen molar-refractivity contribution in [1.82, 2.24) is 5.32 Å². The van der Waals surface area contributed by atoms with Gasteiger partial charge in [-0.05, 0) is 45.1 Å². The highest BCUT2D eigenvalue weighted by Gasteiger charge is 2.20. The smallest absolute Gasteiger partial charge is 0.188 e. The van der Waals surface area contributed by atoms with Gasteiger partial charge in [-0.1, -0.05) is 12.1 Å². The second kappa shape index (κ2) is 10.8. The highest BCUT2D eigenvalue weighted by atomic mass is 16.5. The lowest BCUT2D eigenvalue weighted by molar-refractivity contribution is 0.145. The van der Waals surface area contributed by atoms with Crippen molar-refractivity contribution in [3.8, 4) is 11.5 Å². The molecule has 0 amide bonds. The largest absolute Gasteiger partial charge is 0.493 e. The van der Waals surface area contributed by atoms with E-state index in [0.717, 1.165) is 56.1 Å². The third-order valence-corrected chi connectivity index (χ3v) is 4.26. The molecule has 1 aromatic carbocycles. The summed E-state index contributed by atoms with van der Waals surface area (Å²) in [6, 6.07) is 5.89. The van der Waals surface area contributed by atoms with Crippen molar-refractivity contribution in [2.75, 3.05) is 26.9 Å². The summed E-state index contributed by atoms with van der Waals surface area (Å²) in [5.41, 5.74) is 6.94. The van der Waals surface area contributed by atoms with Crippen molar-refractivity contribution in [2.24, 2.45) is 10.7 Å². The van der Waals surface area contributed by atoms with Crippen molar-refractivity contribution in [3.05, 3.63) is 23.8 Å². The molecular formula is C19H31N3O3. The molecular weight excluding hydrogens is 318 g/mol. The monoisotopic (exact) mass is 349 g/mol. The number of methoxy groups -OCH3 is 1. The van der Waals surface area contributed by atoms with Gasteiger partial charge in [0, 0.05) is 25.3 Å². The summed E-state index contributed by atoms with van der Waals surface area (Å²) >= 11 is 0. The molecule has 0 unspecified atom stereocenters. The maximum absolute atomic E-state index is 6.21. The lowest BCUT2D eigenvalue weighted by atomic mass is 10.1. The number of nitrogens with one attached hydrogen (secondary N) is 1. The molecule has 6 nitrogen and oxygen atoms in total. The van der Waals surface area contributed by atoms with Crippen molar-refractivity contribution in [3.63, 3.8) is 0 Å². The number of ether oxygens (including phenoxy) is 3. The fourth-order valence-corrected chi connectivity index (χ4v) is 2.91. The Balaban J connectivity index is 1.94. The van der Waals surface area contributed by atoms with E-state index in [4.69, 9.17) is 19.9 Å². The SMILES string of the molecule is CCOCCCNC(N)=NCc1cccc(OC)c1OC1CCCC1. The summed E-state index contributed by atoms with van der Waals surface area (Å²) < 4.78 is 17.0. The molecule has 0 atom stereocenters. The Hall–Kier alpha value is -1.95. The molecule has 0 aromatic heterocycles. The Morgan fingerprint density at radius 2 is 2.12 bits per heavy atom. The average Bonchev–Trinajstić information content (AvgIpc) is 3.13. The third-order valence-electron chi connectivity index (χ3n) is 4.26. The zero-order chi connectivity index (χ0) is 17.9. The predicted molar refractivity (Wildman–Crippen MR) is 100 cm³/mol. The molecule has 1 aliphatic rings. The third kappa shape index (κ3) is 6.46. The standard InChI is InChI=1S/C19H31N3O3/c1-3-24-13-7-12-21-19(20)22-14-15-8-6-11-17(23-2)18(15)25-16-9-4-5-10-16/h6,8,11,16H,3-5,7,9-10,12-14H2,1-2H3,(H3,20,21,22). The molecule has 140 valence electrons. The summed E-state index contributed by atoms with van der Waals surface area (Å²) in [4.78, 5) is 4.43. The second-order valence-electron chi connectivity index (χ2n) is 6.15. The van der Waals surface area contributed by atoms with E-state index >= 15 is 0 Å². The van der Waals surface area contributed by atoms with Crippen LogP contribution < -0.4 is 20.5 Å². The van der Waals surface area contributed by atoms with E-state index in [1.807, 2.05) is 25.1 Å². The van der Waals surface area contributed by atoms with Gasteiger partial charge in [0.15, 0.2) is 17.5 Å². The highest BCUT2D eigenvalue weighted by molar-refractivity contribution is 5.77. The van der Waals surface area contributed by atoms with Crippen LogP contribution in [0, 0.1) is 0 Å². The van der Waals surface area contributed by atoms with Gasteiger partial charge >= 0.3 is 0 Å². The van der Waals surface area contributed by atoms with Crippen molar-refractivity contribution < 1.29 is 14.2 Å². The van der Waals surface area contributed by atoms with Gasteiger partial charge in [0.1, 0.15) is 0 Å². The molecule has 6 heteroatoms. The Morgan fingerprint density at radius 1 is 1.32 bits per heavy atom. The van der Waals surface area contributed by atoms with E-state index in [1.165, 1.54) is 12.8 Å². The number of para-hydroxylation sites is 1. The summed E-state index contributed by atoms with van der Waals surface area (Å²) in [6.45, 7) is 4.67. The molecule has 0 spiro atoms. The molecule has 25 heavy (non-hydrogen) atoms. The maximum atomic E-state index is 6.21. The fourth-order valence-electron chi connectivity index (χ4n) is 2.91. The Kier molecular flexibility index (Phi) is 8.39. The van der Waals surface area contributed by atoms with Crippen LogP contribution in [0.1, 0.15) is 44.6 Å². The minimum Gasteiger partial charge on any atom is -0.493 e. The van der Waals surface area contributed by atoms with E-state index in [0.29, 0.717) is 12.5 Å². The van der Waals surface area contributed by atoms with Gasteiger partial charge in [-0.3, -0.25) is 0 Å². The quantitative estimate of drug-likeness (QED) is 0.386. The lowest BCUT2D eigenvalue weighted by Gasteiger charge is -2.18. The molecule has 0 bridgehead atoms. The van der Waals surface area contributed by atoms with Crippen LogP contribution in [-0.4, -0.2) is 38.9 Å². The van der Waals surface area contributed by atoms with E-state index in [9.17, 15) is 0 Å². The van der Waals surface area contributed by atoms with Gasteiger partial charge in [-0.25, -0.2) is 4.99 Å². The van der Waals surface area contributed by atoms with Crippen LogP contribution in [0.2, 0.25) is 0 Å². The molecule has 1 fully saturated rings. The average molecular weight is 349 g/mol. The van der Waals surface area contributed by atoms with Crippen LogP contribution in [0.4, 0.5) is 0 Å². The lowest BCUT2D eigenvalue weighted by Crippen LogP contribution is -2.32. The van der Waals surface area contributed by atoms with Crippen molar-refractivity contribution >= 4 is 5.96 Å². The van der Waals surface area contributed by atoms with Crippen LogP contribution in [0.25, 0.3) is 0 Å². The van der Waals surface area contributed by atoms with Crippen LogP contribution in [0.5, 0.6) is 11.5 Å². The molecule has 2 rings (SSSR count). The molecule has 1 aromatic rings. The first kappa shape index (κ1) is 19.4. The first-order valence-corrected chi connectivity index (χ1v) is 9.18. The zero-order valence-corrected chi connectivity index (χ0v) is 15.4. The van der Waals surface area contributed by atoms with Gasteiger partial charge in [-0.15, -0.1) is 0 Å². The van der Waals surface area contributed by atoms with Gasteiger partial charge in [0.2, 0.25) is 0 Å². The van der Waals surface area contributed by atoms with Crippen LogP contribution in [-0.2, 0) is 11.3 Å². The molecule has 1 aliphatic carbocycles.